The summed E-state index contributed by atoms with van der Waals surface area (Å²) in [5.74, 6) is -1.53. The number of imide groups is 1. The van der Waals surface area contributed by atoms with Gasteiger partial charge >= 0.3 is 5.97 Å². The molecule has 0 spiro atoms. The molecule has 0 bridgehead atoms. The Morgan fingerprint density at radius 2 is 1.57 bits per heavy atom. The molecule has 23 heavy (non-hydrogen) atoms. The first-order chi connectivity index (χ1) is 10.8. The molecule has 8 heteroatoms. The van der Waals surface area contributed by atoms with Gasteiger partial charge in [-0.05, 0) is 26.0 Å². The predicted molar refractivity (Wildman–Crippen MR) is 77.1 cm³/mol. The van der Waals surface area contributed by atoms with E-state index in [1.54, 1.807) is 0 Å². The minimum absolute atomic E-state index is 0.0540. The molecule has 0 aliphatic carbocycles. The van der Waals surface area contributed by atoms with E-state index in [1.807, 2.05) is 0 Å². The maximum absolute atomic E-state index is 12.5. The molecule has 0 aromatic heterocycles. The lowest BCUT2D eigenvalue weighted by molar-refractivity contribution is -0.168. The number of hydroxylamine groups is 2. The molecule has 0 saturated carbocycles. The van der Waals surface area contributed by atoms with E-state index >= 15 is 0 Å². The van der Waals surface area contributed by atoms with Crippen LogP contribution >= 0.6 is 0 Å². The number of carbonyl (C=O) groups excluding carboxylic acids is 3. The van der Waals surface area contributed by atoms with Crippen LogP contribution < -0.4 is 14.2 Å². The molecule has 2 rings (SSSR count). The van der Waals surface area contributed by atoms with E-state index in [-0.39, 0.29) is 17.1 Å². The van der Waals surface area contributed by atoms with Gasteiger partial charge in [0, 0.05) is 0 Å². The van der Waals surface area contributed by atoms with Crippen molar-refractivity contribution in [2.45, 2.75) is 13.8 Å². The normalized spacial score (nSPS) is 16.1. The van der Waals surface area contributed by atoms with Gasteiger partial charge in [-0.25, -0.2) is 4.79 Å². The van der Waals surface area contributed by atoms with Gasteiger partial charge in [-0.1, -0.05) is 5.06 Å². The van der Waals surface area contributed by atoms with Gasteiger partial charge in [0.2, 0.25) is 5.75 Å². The number of methoxy groups -OCH3 is 3. The molecule has 1 fully saturated rings. The molecule has 0 N–H and O–H groups in total. The summed E-state index contributed by atoms with van der Waals surface area (Å²) in [7, 11) is 4.22. The van der Waals surface area contributed by atoms with Crippen molar-refractivity contribution in [3.63, 3.8) is 0 Å². The number of amides is 2. The van der Waals surface area contributed by atoms with Crippen LogP contribution in [0, 0.1) is 5.41 Å². The van der Waals surface area contributed by atoms with Crippen molar-refractivity contribution in [2.75, 3.05) is 21.3 Å². The number of rotatable bonds is 4. The molecular formula is C15H17NO7. The standard InChI is InChI=1S/C15H17NO7/c1-15(2)13(18)16(23-14(15)19)12(17)8-6-9(20-3)11(22-5)10(7-8)21-4/h6-7H,1-5H3. The Balaban J connectivity index is 2.45. The van der Waals surface area contributed by atoms with Crippen molar-refractivity contribution in [3.8, 4) is 17.2 Å². The van der Waals surface area contributed by atoms with Crippen LogP contribution in [0.1, 0.15) is 24.2 Å². The monoisotopic (exact) mass is 323 g/mol. The van der Waals surface area contributed by atoms with Gasteiger partial charge in [0.25, 0.3) is 11.8 Å². The molecule has 0 radical (unpaired) electrons. The van der Waals surface area contributed by atoms with E-state index in [0.717, 1.165) is 0 Å². The van der Waals surface area contributed by atoms with Gasteiger partial charge in [-0.15, -0.1) is 0 Å². The average Bonchev–Trinajstić information content (AvgIpc) is 2.75. The third-order valence-electron chi connectivity index (χ3n) is 3.50. The van der Waals surface area contributed by atoms with Crippen molar-refractivity contribution in [3.05, 3.63) is 17.7 Å². The molecule has 1 aromatic carbocycles. The highest BCUT2D eigenvalue weighted by Crippen LogP contribution is 2.39. The molecule has 1 aromatic rings. The van der Waals surface area contributed by atoms with E-state index < -0.39 is 23.2 Å². The van der Waals surface area contributed by atoms with Crippen LogP contribution in [0.2, 0.25) is 0 Å². The molecule has 8 nitrogen and oxygen atoms in total. The zero-order valence-corrected chi connectivity index (χ0v) is 13.5. The predicted octanol–water partition coefficient (Wildman–Crippen LogP) is 1.18. The first-order valence-electron chi connectivity index (χ1n) is 6.69. The lowest BCUT2D eigenvalue weighted by Crippen LogP contribution is -2.35. The van der Waals surface area contributed by atoms with Crippen molar-refractivity contribution in [1.29, 1.82) is 0 Å². The quantitative estimate of drug-likeness (QED) is 0.607. The minimum Gasteiger partial charge on any atom is -0.493 e. The molecule has 2 amide bonds. The highest BCUT2D eigenvalue weighted by atomic mass is 16.7. The summed E-state index contributed by atoms with van der Waals surface area (Å²) in [6.45, 7) is 2.78. The van der Waals surface area contributed by atoms with E-state index in [4.69, 9.17) is 19.0 Å². The Morgan fingerprint density at radius 1 is 1.04 bits per heavy atom. The Kier molecular flexibility index (Phi) is 4.18. The molecule has 124 valence electrons. The third-order valence-corrected chi connectivity index (χ3v) is 3.50. The van der Waals surface area contributed by atoms with Gasteiger partial charge < -0.3 is 19.0 Å². The number of benzene rings is 1. The second-order valence-electron chi connectivity index (χ2n) is 5.32. The van der Waals surface area contributed by atoms with Crippen molar-refractivity contribution < 1.29 is 33.4 Å². The fourth-order valence-corrected chi connectivity index (χ4v) is 2.04. The van der Waals surface area contributed by atoms with Crippen LogP contribution in [0.4, 0.5) is 0 Å². The van der Waals surface area contributed by atoms with Crippen LogP contribution in [0.3, 0.4) is 0 Å². The Morgan fingerprint density at radius 3 is 1.91 bits per heavy atom. The summed E-state index contributed by atoms with van der Waals surface area (Å²) < 4.78 is 15.5. The number of hydrogen-bond donors (Lipinski definition) is 0. The fourth-order valence-electron chi connectivity index (χ4n) is 2.04. The van der Waals surface area contributed by atoms with E-state index in [0.29, 0.717) is 10.8 Å². The second-order valence-corrected chi connectivity index (χ2v) is 5.32. The topological polar surface area (TPSA) is 91.4 Å². The third kappa shape index (κ3) is 2.56. The SMILES string of the molecule is COc1cc(C(=O)N2OC(=O)C(C)(C)C2=O)cc(OC)c1OC. The van der Waals surface area contributed by atoms with Crippen LogP contribution in [0.15, 0.2) is 12.1 Å². The minimum atomic E-state index is -1.41. The van der Waals surface area contributed by atoms with E-state index in [1.165, 1.54) is 47.3 Å². The highest BCUT2D eigenvalue weighted by molar-refractivity contribution is 6.15. The summed E-state index contributed by atoms with van der Waals surface area (Å²) in [6, 6.07) is 2.74. The molecule has 0 atom stereocenters. The largest absolute Gasteiger partial charge is 0.493 e. The van der Waals surface area contributed by atoms with E-state index in [9.17, 15) is 14.4 Å². The number of ether oxygens (including phenoxy) is 3. The summed E-state index contributed by atoms with van der Waals surface area (Å²) in [6.07, 6.45) is 0. The maximum Gasteiger partial charge on any atom is 0.348 e. The smallest absolute Gasteiger partial charge is 0.348 e. The zero-order chi connectivity index (χ0) is 17.4. The van der Waals surface area contributed by atoms with Crippen LogP contribution in [0.25, 0.3) is 0 Å². The van der Waals surface area contributed by atoms with Crippen LogP contribution in [0.5, 0.6) is 17.2 Å². The summed E-state index contributed by atoms with van der Waals surface area (Å²) in [5.41, 5.74) is -1.35. The number of hydrogen-bond acceptors (Lipinski definition) is 7. The van der Waals surface area contributed by atoms with Crippen molar-refractivity contribution in [1.82, 2.24) is 5.06 Å². The van der Waals surface area contributed by atoms with Gasteiger partial charge in [0.15, 0.2) is 11.5 Å². The first kappa shape index (κ1) is 16.6. The van der Waals surface area contributed by atoms with Gasteiger partial charge in [0.1, 0.15) is 5.41 Å². The molecule has 0 unspecified atom stereocenters. The average molecular weight is 323 g/mol. The van der Waals surface area contributed by atoms with Crippen LogP contribution in [-0.2, 0) is 14.4 Å². The Hall–Kier alpha value is -2.77. The molecule has 1 heterocycles. The molecule has 1 aliphatic heterocycles. The van der Waals surface area contributed by atoms with Gasteiger partial charge in [-0.2, -0.15) is 0 Å². The van der Waals surface area contributed by atoms with Gasteiger partial charge in [-0.3, -0.25) is 9.59 Å². The van der Waals surface area contributed by atoms with Crippen molar-refractivity contribution >= 4 is 17.8 Å². The Labute approximate surface area is 132 Å². The van der Waals surface area contributed by atoms with Gasteiger partial charge in [0.05, 0.1) is 26.9 Å². The summed E-state index contributed by atoms with van der Waals surface area (Å²) >= 11 is 0. The fraction of sp³-hybridized carbons (Fsp3) is 0.400. The van der Waals surface area contributed by atoms with E-state index in [2.05, 4.69) is 0 Å². The first-order valence-corrected chi connectivity index (χ1v) is 6.69. The summed E-state index contributed by atoms with van der Waals surface area (Å²) in [4.78, 5) is 41.1. The molecule has 1 aliphatic rings. The lowest BCUT2D eigenvalue weighted by atomic mass is 9.94. The van der Waals surface area contributed by atoms with Crippen LogP contribution in [-0.4, -0.2) is 44.2 Å². The number of nitrogens with zero attached hydrogens (tertiary/aromatic N) is 1. The second kappa shape index (κ2) is 5.79. The Bertz CT molecular complexity index is 655. The molecular weight excluding hydrogens is 306 g/mol. The maximum atomic E-state index is 12.5. The zero-order valence-electron chi connectivity index (χ0n) is 13.5. The summed E-state index contributed by atoms with van der Waals surface area (Å²) in [5, 5.41) is 0.447. The van der Waals surface area contributed by atoms with Crippen molar-refractivity contribution in [2.24, 2.45) is 5.41 Å². The lowest BCUT2D eigenvalue weighted by Gasteiger charge is -2.16. The molecule has 1 saturated heterocycles. The highest BCUT2D eigenvalue weighted by Gasteiger charge is 2.52. The number of carbonyl (C=O) groups is 3.